The van der Waals surface area contributed by atoms with Gasteiger partial charge in [-0.15, -0.1) is 10.2 Å². The van der Waals surface area contributed by atoms with E-state index in [2.05, 4.69) is 14.9 Å². The molecule has 0 radical (unpaired) electrons. The molecule has 0 saturated heterocycles. The standard InChI is InChI=1S/C10H11N3O3S2/c1-7-11-12-10(17-7)13-18(15,16)9-4-2-3-8(5-9)6-14/h2-5,14H,6H2,1H3,(H,12,13). The predicted molar refractivity (Wildman–Crippen MR) is 67.8 cm³/mol. The number of hydrogen-bond donors (Lipinski definition) is 2. The van der Waals surface area contributed by atoms with E-state index in [-0.39, 0.29) is 16.6 Å². The second-order valence-electron chi connectivity index (χ2n) is 3.54. The van der Waals surface area contributed by atoms with E-state index in [0.29, 0.717) is 10.6 Å². The monoisotopic (exact) mass is 285 g/mol. The zero-order chi connectivity index (χ0) is 13.2. The van der Waals surface area contributed by atoms with Crippen molar-refractivity contribution in [2.75, 3.05) is 4.72 Å². The third kappa shape index (κ3) is 2.84. The number of rotatable bonds is 4. The normalized spacial score (nSPS) is 11.4. The van der Waals surface area contributed by atoms with E-state index in [9.17, 15) is 8.42 Å². The Hall–Kier alpha value is -1.51. The van der Waals surface area contributed by atoms with Crippen LogP contribution in [0.4, 0.5) is 5.13 Å². The largest absolute Gasteiger partial charge is 0.392 e. The molecule has 0 saturated carbocycles. The highest BCUT2D eigenvalue weighted by Gasteiger charge is 2.16. The van der Waals surface area contributed by atoms with Crippen molar-refractivity contribution >= 4 is 26.5 Å². The van der Waals surface area contributed by atoms with Gasteiger partial charge in [-0.25, -0.2) is 8.42 Å². The van der Waals surface area contributed by atoms with Crippen LogP contribution in [0.25, 0.3) is 0 Å². The third-order valence-electron chi connectivity index (χ3n) is 2.14. The molecule has 1 heterocycles. The molecule has 8 heteroatoms. The van der Waals surface area contributed by atoms with Crippen molar-refractivity contribution in [1.82, 2.24) is 10.2 Å². The molecule has 0 aliphatic carbocycles. The first-order valence-corrected chi connectivity index (χ1v) is 7.34. The average molecular weight is 285 g/mol. The summed E-state index contributed by atoms with van der Waals surface area (Å²) in [5.41, 5.74) is 0.534. The maximum atomic E-state index is 12.0. The first-order chi connectivity index (χ1) is 8.51. The van der Waals surface area contributed by atoms with Gasteiger partial charge >= 0.3 is 0 Å². The number of aliphatic hydroxyl groups excluding tert-OH is 1. The summed E-state index contributed by atoms with van der Waals surface area (Å²) in [5, 5.41) is 17.3. The molecule has 18 heavy (non-hydrogen) atoms. The van der Waals surface area contributed by atoms with Crippen molar-refractivity contribution in [3.05, 3.63) is 34.8 Å². The number of aromatic nitrogens is 2. The van der Waals surface area contributed by atoms with Crippen molar-refractivity contribution in [2.24, 2.45) is 0 Å². The highest BCUT2D eigenvalue weighted by molar-refractivity contribution is 7.93. The van der Waals surface area contributed by atoms with Crippen molar-refractivity contribution in [3.63, 3.8) is 0 Å². The Morgan fingerprint density at radius 1 is 1.39 bits per heavy atom. The number of nitrogens with zero attached hydrogens (tertiary/aromatic N) is 2. The van der Waals surface area contributed by atoms with Crippen molar-refractivity contribution in [3.8, 4) is 0 Å². The molecular formula is C10H11N3O3S2. The van der Waals surface area contributed by atoms with Gasteiger partial charge in [-0.1, -0.05) is 23.5 Å². The van der Waals surface area contributed by atoms with Crippen LogP contribution < -0.4 is 4.72 Å². The van der Waals surface area contributed by atoms with Crippen LogP contribution >= 0.6 is 11.3 Å². The lowest BCUT2D eigenvalue weighted by Gasteiger charge is -2.05. The molecule has 2 rings (SSSR count). The lowest BCUT2D eigenvalue weighted by atomic mass is 10.2. The van der Waals surface area contributed by atoms with Gasteiger partial charge in [0.1, 0.15) is 5.01 Å². The molecule has 6 nitrogen and oxygen atoms in total. The lowest BCUT2D eigenvalue weighted by Crippen LogP contribution is -2.13. The van der Waals surface area contributed by atoms with Crippen LogP contribution in [0, 0.1) is 6.92 Å². The van der Waals surface area contributed by atoms with E-state index >= 15 is 0 Å². The number of aliphatic hydroxyl groups is 1. The number of benzene rings is 1. The van der Waals surface area contributed by atoms with Crippen molar-refractivity contribution < 1.29 is 13.5 Å². The lowest BCUT2D eigenvalue weighted by molar-refractivity contribution is 0.281. The van der Waals surface area contributed by atoms with E-state index in [1.54, 1.807) is 19.1 Å². The van der Waals surface area contributed by atoms with Crippen LogP contribution in [-0.4, -0.2) is 23.7 Å². The van der Waals surface area contributed by atoms with Gasteiger partial charge in [0, 0.05) is 0 Å². The van der Waals surface area contributed by atoms with Gasteiger partial charge in [-0.2, -0.15) is 0 Å². The number of hydrogen-bond acceptors (Lipinski definition) is 6. The first kappa shape index (κ1) is 12.9. The Morgan fingerprint density at radius 3 is 2.78 bits per heavy atom. The molecule has 1 aromatic heterocycles. The van der Waals surface area contributed by atoms with Crippen LogP contribution in [0.3, 0.4) is 0 Å². The molecule has 0 aliphatic rings. The maximum Gasteiger partial charge on any atom is 0.263 e. The molecule has 0 spiro atoms. The molecule has 1 aromatic carbocycles. The Balaban J connectivity index is 2.30. The van der Waals surface area contributed by atoms with Crippen LogP contribution in [0.5, 0.6) is 0 Å². The van der Waals surface area contributed by atoms with Gasteiger partial charge in [-0.3, -0.25) is 4.72 Å². The summed E-state index contributed by atoms with van der Waals surface area (Å²) in [4.78, 5) is 0.0851. The fourth-order valence-corrected chi connectivity index (χ4v) is 3.21. The Kier molecular flexibility index (Phi) is 3.60. The second kappa shape index (κ2) is 5.01. The summed E-state index contributed by atoms with van der Waals surface area (Å²) in [7, 11) is -3.69. The van der Waals surface area contributed by atoms with Gasteiger partial charge in [0.05, 0.1) is 11.5 Å². The molecule has 0 unspecified atom stereocenters. The molecular weight excluding hydrogens is 274 g/mol. The highest BCUT2D eigenvalue weighted by Crippen LogP contribution is 2.19. The molecule has 0 atom stereocenters. The van der Waals surface area contributed by atoms with Crippen molar-refractivity contribution in [2.45, 2.75) is 18.4 Å². The zero-order valence-corrected chi connectivity index (χ0v) is 11.1. The van der Waals surface area contributed by atoms with Gasteiger partial charge in [0.25, 0.3) is 10.0 Å². The summed E-state index contributed by atoms with van der Waals surface area (Å²) in [6, 6.07) is 6.09. The summed E-state index contributed by atoms with van der Waals surface area (Å²) in [6.07, 6.45) is 0. The Morgan fingerprint density at radius 2 is 2.17 bits per heavy atom. The van der Waals surface area contributed by atoms with Crippen LogP contribution in [0.1, 0.15) is 10.6 Å². The van der Waals surface area contributed by atoms with E-state index in [1.165, 1.54) is 12.1 Å². The van der Waals surface area contributed by atoms with Gasteiger partial charge in [-0.05, 0) is 24.6 Å². The second-order valence-corrected chi connectivity index (χ2v) is 6.40. The number of sulfonamides is 1. The number of nitrogens with one attached hydrogen (secondary N) is 1. The number of aryl methyl sites for hydroxylation is 1. The summed E-state index contributed by atoms with van der Waals surface area (Å²) in [6.45, 7) is 1.53. The fraction of sp³-hybridized carbons (Fsp3) is 0.200. The van der Waals surface area contributed by atoms with Crippen molar-refractivity contribution in [1.29, 1.82) is 0 Å². The molecule has 96 valence electrons. The highest BCUT2D eigenvalue weighted by atomic mass is 32.2. The minimum atomic E-state index is -3.69. The molecule has 2 aromatic rings. The van der Waals surface area contributed by atoms with Gasteiger partial charge in [0.2, 0.25) is 5.13 Å². The minimum absolute atomic E-state index is 0.0851. The fourth-order valence-electron chi connectivity index (χ4n) is 1.32. The van der Waals surface area contributed by atoms with Crippen LogP contribution in [-0.2, 0) is 16.6 Å². The van der Waals surface area contributed by atoms with E-state index < -0.39 is 10.0 Å². The Labute approximate surface area is 108 Å². The third-order valence-corrected chi connectivity index (χ3v) is 4.36. The SMILES string of the molecule is Cc1nnc(NS(=O)(=O)c2cccc(CO)c2)s1. The summed E-state index contributed by atoms with van der Waals surface area (Å²) in [5.74, 6) is 0. The van der Waals surface area contributed by atoms with E-state index in [0.717, 1.165) is 11.3 Å². The first-order valence-electron chi connectivity index (χ1n) is 5.04. The molecule has 0 aliphatic heterocycles. The molecule has 0 fully saturated rings. The minimum Gasteiger partial charge on any atom is -0.392 e. The smallest absolute Gasteiger partial charge is 0.263 e. The van der Waals surface area contributed by atoms with Crippen LogP contribution in [0.15, 0.2) is 29.2 Å². The topological polar surface area (TPSA) is 92.2 Å². The molecule has 0 amide bonds. The Bertz CT molecular complexity index is 652. The van der Waals surface area contributed by atoms with E-state index in [1.807, 2.05) is 0 Å². The number of anilines is 1. The van der Waals surface area contributed by atoms with E-state index in [4.69, 9.17) is 5.11 Å². The maximum absolute atomic E-state index is 12.0. The molecule has 2 N–H and O–H groups in total. The summed E-state index contributed by atoms with van der Waals surface area (Å²) < 4.78 is 26.4. The van der Waals surface area contributed by atoms with Gasteiger partial charge < -0.3 is 5.11 Å². The van der Waals surface area contributed by atoms with Gasteiger partial charge in [0.15, 0.2) is 0 Å². The summed E-state index contributed by atoms with van der Waals surface area (Å²) >= 11 is 1.16. The zero-order valence-electron chi connectivity index (χ0n) is 9.49. The predicted octanol–water partition coefficient (Wildman–Crippen LogP) is 1.14. The average Bonchev–Trinajstić information content (AvgIpc) is 2.74. The van der Waals surface area contributed by atoms with Crippen LogP contribution in [0.2, 0.25) is 0 Å². The molecule has 0 bridgehead atoms. The quantitative estimate of drug-likeness (QED) is 0.878.